The Balaban J connectivity index is 1.28. The van der Waals surface area contributed by atoms with Gasteiger partial charge in [0.2, 0.25) is 11.8 Å². The van der Waals surface area contributed by atoms with Crippen molar-refractivity contribution >= 4 is 33.9 Å². The predicted octanol–water partition coefficient (Wildman–Crippen LogP) is 0.399. The Morgan fingerprint density at radius 1 is 0.974 bits per heavy atom. The van der Waals surface area contributed by atoms with E-state index in [9.17, 15) is 4.79 Å². The molecule has 3 aliphatic rings. The van der Waals surface area contributed by atoms with Gasteiger partial charge in [-0.15, -0.1) is 0 Å². The molecule has 1 amide bonds. The molecule has 7 rings (SSSR count). The van der Waals surface area contributed by atoms with Crippen LogP contribution in [0.1, 0.15) is 16.4 Å². The number of nitrogens with zero attached hydrogens (tertiary/aromatic N) is 10. The molecular weight excluding hydrogens is 488 g/mol. The summed E-state index contributed by atoms with van der Waals surface area (Å²) in [6.07, 6.45) is 3.49. The van der Waals surface area contributed by atoms with E-state index in [2.05, 4.69) is 19.8 Å². The zero-order valence-corrected chi connectivity index (χ0v) is 21.6. The highest BCUT2D eigenvalue weighted by Gasteiger charge is 2.38. The standard InChI is InChI=1S/C25H30N10O3/c1-16-27-18-3-4-26-13-19(18)35(16)25-29-21-20(22(30-25)33-7-11-38-12-8-33)28-23(31(21)2)24(36)34-14-17(15-34)32-5-9-37-10-6-32/h3-4,13,17H,5-12,14-15H2,1-2H3. The van der Waals surface area contributed by atoms with E-state index in [0.29, 0.717) is 74.2 Å². The first-order valence-electron chi connectivity index (χ1n) is 13.1. The summed E-state index contributed by atoms with van der Waals surface area (Å²) in [7, 11) is 1.85. The van der Waals surface area contributed by atoms with Gasteiger partial charge in [-0.3, -0.25) is 19.2 Å². The predicted molar refractivity (Wildman–Crippen MR) is 139 cm³/mol. The Morgan fingerprint density at radius 2 is 1.71 bits per heavy atom. The minimum Gasteiger partial charge on any atom is -0.379 e. The second-order valence-electron chi connectivity index (χ2n) is 9.98. The van der Waals surface area contributed by atoms with Crippen molar-refractivity contribution in [2.75, 3.05) is 70.6 Å². The highest BCUT2D eigenvalue weighted by atomic mass is 16.5. The minimum atomic E-state index is -0.0852. The summed E-state index contributed by atoms with van der Waals surface area (Å²) in [6.45, 7) is 9.23. The number of likely N-dealkylation sites (tertiary alicyclic amines) is 1. The lowest BCUT2D eigenvalue weighted by molar-refractivity contribution is -0.0260. The molecule has 38 heavy (non-hydrogen) atoms. The topological polar surface area (TPSA) is 120 Å². The van der Waals surface area contributed by atoms with Gasteiger partial charge in [-0.1, -0.05) is 0 Å². The van der Waals surface area contributed by atoms with Gasteiger partial charge in [0.1, 0.15) is 5.82 Å². The third-order valence-corrected chi connectivity index (χ3v) is 7.73. The first-order chi connectivity index (χ1) is 18.6. The molecule has 0 aliphatic carbocycles. The summed E-state index contributed by atoms with van der Waals surface area (Å²) >= 11 is 0. The highest BCUT2D eigenvalue weighted by molar-refractivity contribution is 5.97. The van der Waals surface area contributed by atoms with E-state index in [-0.39, 0.29) is 5.91 Å². The Bertz CT molecular complexity index is 1510. The van der Waals surface area contributed by atoms with E-state index >= 15 is 0 Å². The van der Waals surface area contributed by atoms with Crippen LogP contribution in [0.15, 0.2) is 18.5 Å². The molecule has 198 valence electrons. The molecule has 7 heterocycles. The minimum absolute atomic E-state index is 0.0852. The van der Waals surface area contributed by atoms with Gasteiger partial charge in [0.05, 0.1) is 43.7 Å². The lowest BCUT2D eigenvalue weighted by Crippen LogP contribution is -2.63. The molecule has 0 bridgehead atoms. The van der Waals surface area contributed by atoms with Crippen molar-refractivity contribution in [1.82, 2.24) is 43.9 Å². The normalized spacial score (nSPS) is 19.4. The van der Waals surface area contributed by atoms with E-state index in [0.717, 1.165) is 43.2 Å². The lowest BCUT2D eigenvalue weighted by atomic mass is 10.1. The van der Waals surface area contributed by atoms with Crippen molar-refractivity contribution in [3.63, 3.8) is 0 Å². The van der Waals surface area contributed by atoms with Gasteiger partial charge in [0.15, 0.2) is 17.0 Å². The summed E-state index contributed by atoms with van der Waals surface area (Å²) < 4.78 is 14.8. The molecule has 0 atom stereocenters. The smallest absolute Gasteiger partial charge is 0.290 e. The molecule has 4 aromatic heterocycles. The summed E-state index contributed by atoms with van der Waals surface area (Å²) in [4.78, 5) is 43.7. The monoisotopic (exact) mass is 518 g/mol. The third kappa shape index (κ3) is 3.80. The maximum Gasteiger partial charge on any atom is 0.290 e. The van der Waals surface area contributed by atoms with E-state index in [1.54, 1.807) is 17.0 Å². The Kier molecular flexibility index (Phi) is 5.71. The fourth-order valence-electron chi connectivity index (χ4n) is 5.56. The van der Waals surface area contributed by atoms with Gasteiger partial charge in [0, 0.05) is 58.6 Å². The van der Waals surface area contributed by atoms with Crippen LogP contribution in [-0.4, -0.2) is 121 Å². The van der Waals surface area contributed by atoms with Crippen LogP contribution in [0.3, 0.4) is 0 Å². The molecule has 0 N–H and O–H groups in total. The number of fused-ring (bicyclic) bond motifs is 2. The number of rotatable bonds is 4. The second-order valence-corrected chi connectivity index (χ2v) is 9.98. The lowest BCUT2D eigenvalue weighted by Gasteiger charge is -2.46. The molecule has 0 aromatic carbocycles. The number of ether oxygens (including phenoxy) is 2. The number of carbonyl (C=O) groups is 1. The number of pyridine rings is 1. The van der Waals surface area contributed by atoms with Crippen molar-refractivity contribution < 1.29 is 14.3 Å². The van der Waals surface area contributed by atoms with Crippen molar-refractivity contribution in [2.24, 2.45) is 7.05 Å². The molecule has 3 saturated heterocycles. The number of imidazole rings is 2. The number of carbonyl (C=O) groups excluding carboxylic acids is 1. The molecule has 0 saturated carbocycles. The summed E-state index contributed by atoms with van der Waals surface area (Å²) in [6, 6.07) is 2.25. The van der Waals surface area contributed by atoms with Crippen molar-refractivity contribution in [2.45, 2.75) is 13.0 Å². The van der Waals surface area contributed by atoms with Crippen LogP contribution in [0.5, 0.6) is 0 Å². The van der Waals surface area contributed by atoms with E-state index < -0.39 is 0 Å². The van der Waals surface area contributed by atoms with Crippen molar-refractivity contribution in [3.8, 4) is 5.95 Å². The van der Waals surface area contributed by atoms with Crippen molar-refractivity contribution in [3.05, 3.63) is 30.1 Å². The zero-order valence-electron chi connectivity index (χ0n) is 21.6. The maximum absolute atomic E-state index is 13.6. The Morgan fingerprint density at radius 3 is 2.47 bits per heavy atom. The summed E-state index contributed by atoms with van der Waals surface area (Å²) in [5, 5.41) is 0. The number of anilines is 1. The number of aromatic nitrogens is 7. The van der Waals surface area contributed by atoms with Gasteiger partial charge in [-0.05, 0) is 13.0 Å². The molecule has 13 heteroatoms. The second kappa shape index (κ2) is 9.26. The van der Waals surface area contributed by atoms with E-state index in [1.807, 2.05) is 29.5 Å². The molecule has 0 radical (unpaired) electrons. The van der Waals surface area contributed by atoms with Crippen LogP contribution < -0.4 is 4.90 Å². The number of hydrogen-bond acceptors (Lipinski definition) is 10. The molecule has 0 spiro atoms. The van der Waals surface area contributed by atoms with Crippen LogP contribution in [0.4, 0.5) is 5.82 Å². The average Bonchev–Trinajstić information content (AvgIpc) is 3.44. The van der Waals surface area contributed by atoms with Crippen LogP contribution in [0, 0.1) is 6.92 Å². The fraction of sp³-hybridized carbons (Fsp3) is 0.520. The van der Waals surface area contributed by atoms with Crippen LogP contribution in [0.25, 0.3) is 28.1 Å². The van der Waals surface area contributed by atoms with Gasteiger partial charge in [-0.25, -0.2) is 9.97 Å². The SMILES string of the molecule is Cc1nc2ccncc2n1-c1nc(N2CCOCC2)c2nc(C(=O)N3CC(N4CCOCC4)C3)n(C)c2n1. The molecule has 3 fully saturated rings. The number of morpholine rings is 2. The van der Waals surface area contributed by atoms with Gasteiger partial charge in [0.25, 0.3) is 5.91 Å². The Labute approximate surface area is 219 Å². The summed E-state index contributed by atoms with van der Waals surface area (Å²) in [5.41, 5.74) is 2.87. The molecular formula is C25H30N10O3. The first-order valence-corrected chi connectivity index (χ1v) is 13.1. The van der Waals surface area contributed by atoms with Crippen LogP contribution >= 0.6 is 0 Å². The largest absolute Gasteiger partial charge is 0.379 e. The quantitative estimate of drug-likeness (QED) is 0.375. The molecule has 0 unspecified atom stereocenters. The number of amides is 1. The zero-order chi connectivity index (χ0) is 25.8. The number of hydrogen-bond donors (Lipinski definition) is 0. The van der Waals surface area contributed by atoms with Gasteiger partial charge < -0.3 is 23.8 Å². The first kappa shape index (κ1) is 23.4. The van der Waals surface area contributed by atoms with Crippen LogP contribution in [0.2, 0.25) is 0 Å². The van der Waals surface area contributed by atoms with E-state index in [4.69, 9.17) is 24.4 Å². The average molecular weight is 519 g/mol. The third-order valence-electron chi connectivity index (χ3n) is 7.73. The highest BCUT2D eigenvalue weighted by Crippen LogP contribution is 2.29. The van der Waals surface area contributed by atoms with Gasteiger partial charge in [-0.2, -0.15) is 9.97 Å². The number of aryl methyl sites for hydroxylation is 2. The molecule has 4 aromatic rings. The Hall–Kier alpha value is -3.68. The maximum atomic E-state index is 13.6. The molecule has 13 nitrogen and oxygen atoms in total. The summed E-state index contributed by atoms with van der Waals surface area (Å²) in [5.74, 6) is 2.22. The molecule has 3 aliphatic heterocycles. The fourth-order valence-corrected chi connectivity index (χ4v) is 5.56. The van der Waals surface area contributed by atoms with Gasteiger partial charge >= 0.3 is 0 Å². The van der Waals surface area contributed by atoms with Crippen LogP contribution in [-0.2, 0) is 16.5 Å². The van der Waals surface area contributed by atoms with Crippen molar-refractivity contribution in [1.29, 1.82) is 0 Å². The van der Waals surface area contributed by atoms with E-state index in [1.165, 1.54) is 0 Å².